The minimum Gasteiger partial charge on any atom is -0.453 e. The second-order valence-corrected chi connectivity index (χ2v) is 10.2. The van der Waals surface area contributed by atoms with Crippen LogP contribution in [0.4, 0.5) is 13.2 Å². The van der Waals surface area contributed by atoms with Crippen LogP contribution in [-0.2, 0) is 9.53 Å². The molecule has 0 spiro atoms. The first kappa shape index (κ1) is 22.9. The lowest BCUT2D eigenvalue weighted by Gasteiger charge is -2.28. The molecule has 2 bridgehead atoms. The number of benzene rings is 3. The van der Waals surface area contributed by atoms with Gasteiger partial charge in [-0.2, -0.15) is 13.2 Å². The highest BCUT2D eigenvalue weighted by molar-refractivity contribution is 6.39. The van der Waals surface area contributed by atoms with E-state index in [1.54, 1.807) is 53.1 Å². The number of alkyl halides is 3. The summed E-state index contributed by atoms with van der Waals surface area (Å²) in [7, 11) is 0. The first-order valence-corrected chi connectivity index (χ1v) is 12.4. The van der Waals surface area contributed by atoms with Crippen molar-refractivity contribution in [2.24, 2.45) is 5.11 Å². The Bertz CT molecular complexity index is 2090. The molecule has 3 aromatic carbocycles. The number of fused-ring (bicyclic) bond motifs is 13. The average molecular weight is 544 g/mol. The van der Waals surface area contributed by atoms with E-state index in [9.17, 15) is 33.1 Å². The van der Waals surface area contributed by atoms with Gasteiger partial charge in [-0.3, -0.25) is 14.9 Å². The molecule has 8 rings (SSSR count). The number of nitrogens with one attached hydrogen (secondary N) is 1. The van der Waals surface area contributed by atoms with E-state index in [2.05, 4.69) is 15.3 Å². The summed E-state index contributed by atoms with van der Waals surface area (Å²) in [5.74, 6) is -3.49. The second kappa shape index (κ2) is 7.33. The summed E-state index contributed by atoms with van der Waals surface area (Å²) in [5.41, 5.74) is 12.2. The predicted molar refractivity (Wildman–Crippen MR) is 136 cm³/mol. The van der Waals surface area contributed by atoms with Crippen LogP contribution in [0.1, 0.15) is 39.2 Å². The normalized spacial score (nSPS) is 23.2. The van der Waals surface area contributed by atoms with Gasteiger partial charge in [0.1, 0.15) is 6.10 Å². The number of halogens is 3. The van der Waals surface area contributed by atoms with E-state index in [1.807, 2.05) is 4.57 Å². The second-order valence-electron chi connectivity index (χ2n) is 10.2. The van der Waals surface area contributed by atoms with Crippen LogP contribution in [0.2, 0.25) is 0 Å². The smallest absolute Gasteiger partial charge is 0.453 e. The molecule has 0 radical (unpaired) electrons. The molecule has 2 aliphatic heterocycles. The molecule has 40 heavy (non-hydrogen) atoms. The highest BCUT2D eigenvalue weighted by Gasteiger charge is 2.54. The zero-order valence-corrected chi connectivity index (χ0v) is 20.1. The maximum Gasteiger partial charge on any atom is 0.490 e. The van der Waals surface area contributed by atoms with Crippen LogP contribution in [0, 0.1) is 0 Å². The molecule has 2 aromatic heterocycles. The fraction of sp³-hybridized carbons (Fsp3) is 0.222. The number of azide groups is 1. The van der Waals surface area contributed by atoms with E-state index in [0.29, 0.717) is 43.6 Å². The van der Waals surface area contributed by atoms with Crippen LogP contribution < -0.4 is 5.32 Å². The zero-order chi connectivity index (χ0) is 27.7. The Kier molecular flexibility index (Phi) is 4.20. The van der Waals surface area contributed by atoms with Crippen LogP contribution in [0.3, 0.4) is 0 Å². The number of hydrogen-bond donors (Lipinski definition) is 1. The van der Waals surface area contributed by atoms with E-state index in [0.717, 1.165) is 0 Å². The Hall–Kier alpha value is -5.03. The topological polar surface area (TPSA) is 131 Å². The number of rotatable bonds is 2. The molecule has 4 atom stereocenters. The van der Waals surface area contributed by atoms with Gasteiger partial charge in [0, 0.05) is 43.5 Å². The quantitative estimate of drug-likeness (QED) is 0.104. The Labute approximate surface area is 220 Å². The summed E-state index contributed by atoms with van der Waals surface area (Å²) in [4.78, 5) is 41.5. The van der Waals surface area contributed by atoms with Crippen molar-refractivity contribution in [2.75, 3.05) is 0 Å². The van der Waals surface area contributed by atoms with E-state index in [1.165, 1.54) is 0 Å². The van der Waals surface area contributed by atoms with Crippen LogP contribution in [-0.4, -0.2) is 45.2 Å². The number of hydrogen-bond acceptors (Lipinski definition) is 5. The maximum absolute atomic E-state index is 13.4. The highest BCUT2D eigenvalue weighted by atomic mass is 19.4. The molecule has 0 unspecified atom stereocenters. The molecule has 1 fully saturated rings. The van der Waals surface area contributed by atoms with E-state index >= 15 is 0 Å². The van der Waals surface area contributed by atoms with E-state index < -0.39 is 48.2 Å². The van der Waals surface area contributed by atoms with Gasteiger partial charge in [-0.1, -0.05) is 41.5 Å². The molecule has 10 nitrogen and oxygen atoms in total. The largest absolute Gasteiger partial charge is 0.490 e. The molecular formula is C27H15F3N6O4. The van der Waals surface area contributed by atoms with E-state index in [4.69, 9.17) is 4.74 Å². The zero-order valence-electron chi connectivity index (χ0n) is 20.1. The van der Waals surface area contributed by atoms with Gasteiger partial charge in [0.15, 0.2) is 0 Å². The SMILES string of the molecule is [N-]=[N+]=N[C@H]1[C@H](OC(=O)C(F)(F)F)[C@@H]2C[C@H]1n1c3ccccc3c3c4c(c5c6ccccc6n2c5c31)C(=O)NC4=O. The molecule has 4 heterocycles. The third-order valence-corrected chi connectivity index (χ3v) is 8.39. The number of carbonyl (C=O) groups excluding carboxylic acids is 3. The highest BCUT2D eigenvalue weighted by Crippen LogP contribution is 2.55. The lowest BCUT2D eigenvalue weighted by atomic mass is 9.96. The third kappa shape index (κ3) is 2.59. The first-order valence-electron chi connectivity index (χ1n) is 12.4. The molecule has 3 aliphatic rings. The number of nitrogens with zero attached hydrogens (tertiary/aromatic N) is 5. The van der Waals surface area contributed by atoms with Gasteiger partial charge in [0.25, 0.3) is 11.8 Å². The van der Waals surface area contributed by atoms with E-state index in [-0.39, 0.29) is 17.5 Å². The Morgan fingerprint density at radius 2 is 1.45 bits per heavy atom. The number of aromatic nitrogens is 2. The van der Waals surface area contributed by atoms with Crippen LogP contribution in [0.15, 0.2) is 53.6 Å². The van der Waals surface area contributed by atoms with Gasteiger partial charge in [0.05, 0.1) is 34.2 Å². The van der Waals surface area contributed by atoms with Gasteiger partial charge >= 0.3 is 12.1 Å². The summed E-state index contributed by atoms with van der Waals surface area (Å²) < 4.78 is 49.0. The van der Waals surface area contributed by atoms with Crippen LogP contribution >= 0.6 is 0 Å². The van der Waals surface area contributed by atoms with Crippen molar-refractivity contribution in [1.82, 2.24) is 14.5 Å². The molecule has 2 amide bonds. The summed E-state index contributed by atoms with van der Waals surface area (Å²) in [6.07, 6.45) is -6.55. The number of carbonyl (C=O) groups is 3. The summed E-state index contributed by atoms with van der Waals surface area (Å²) in [6, 6.07) is 11.5. The standard InChI is InChI=1S/C27H15F3N6O4/c28-27(29,30)26(39)40-23-15-9-14(20(23)33-34-31)35-12-7-3-1-5-10(12)16-18-19(25(38)32-24(18)37)17-11-6-2-4-8-13(11)36(15)22(17)21(16)35/h1-8,14-15,20,23H,9H2,(H,32,37,38)/t14-,15+,20-,23-/m1/s1. The Balaban J connectivity index is 1.61. The number of ether oxygens (including phenoxy) is 1. The van der Waals surface area contributed by atoms with Crippen molar-refractivity contribution in [3.8, 4) is 0 Å². The third-order valence-electron chi connectivity index (χ3n) is 8.39. The first-order chi connectivity index (χ1) is 19.2. The lowest BCUT2D eigenvalue weighted by molar-refractivity contribution is -0.206. The van der Waals surface area contributed by atoms with Crippen molar-refractivity contribution in [3.05, 3.63) is 70.1 Å². The maximum atomic E-state index is 13.4. The molecule has 13 heteroatoms. The van der Waals surface area contributed by atoms with Gasteiger partial charge in [0.2, 0.25) is 0 Å². The van der Waals surface area contributed by atoms with Gasteiger partial charge in [-0.05, 0) is 24.1 Å². The molecule has 198 valence electrons. The molecule has 0 saturated heterocycles. The molecule has 1 saturated carbocycles. The molecular weight excluding hydrogens is 529 g/mol. The predicted octanol–water partition coefficient (Wildman–Crippen LogP) is 5.44. The summed E-state index contributed by atoms with van der Waals surface area (Å²) in [6.45, 7) is 0. The number of esters is 1. The van der Waals surface area contributed by atoms with Crippen LogP contribution in [0.25, 0.3) is 54.1 Å². The Morgan fingerprint density at radius 3 is 1.98 bits per heavy atom. The monoisotopic (exact) mass is 544 g/mol. The van der Waals surface area contributed by atoms with Gasteiger partial charge in [-0.15, -0.1) is 0 Å². The fourth-order valence-electron chi connectivity index (χ4n) is 7.14. The minimum atomic E-state index is -5.26. The average Bonchev–Trinajstić information content (AvgIpc) is 3.59. The van der Waals surface area contributed by atoms with Gasteiger partial charge < -0.3 is 13.9 Å². The molecule has 1 N–H and O–H groups in total. The fourth-order valence-corrected chi connectivity index (χ4v) is 7.14. The van der Waals surface area contributed by atoms with Crippen molar-refractivity contribution in [2.45, 2.75) is 36.8 Å². The van der Waals surface area contributed by atoms with Crippen molar-refractivity contribution in [1.29, 1.82) is 0 Å². The summed E-state index contributed by atoms with van der Waals surface area (Å²) in [5, 5.41) is 8.57. The van der Waals surface area contributed by atoms with Crippen molar-refractivity contribution in [3.63, 3.8) is 0 Å². The molecule has 5 aromatic rings. The number of imide groups is 1. The number of para-hydroxylation sites is 2. The van der Waals surface area contributed by atoms with Crippen molar-refractivity contribution < 1.29 is 32.3 Å². The molecule has 1 aliphatic carbocycles. The van der Waals surface area contributed by atoms with Crippen LogP contribution in [0.5, 0.6) is 0 Å². The minimum absolute atomic E-state index is 0.167. The lowest BCUT2D eigenvalue weighted by Crippen LogP contribution is -2.38. The van der Waals surface area contributed by atoms with Gasteiger partial charge in [-0.25, -0.2) is 4.79 Å². The summed E-state index contributed by atoms with van der Waals surface area (Å²) >= 11 is 0. The Morgan fingerprint density at radius 1 is 0.925 bits per heavy atom. The number of amides is 2. The van der Waals surface area contributed by atoms with Crippen molar-refractivity contribution >= 4 is 61.4 Å².